The number of benzene rings is 4. The van der Waals surface area contributed by atoms with E-state index < -0.39 is 24.0 Å². The van der Waals surface area contributed by atoms with Gasteiger partial charge in [0.25, 0.3) is 0 Å². The van der Waals surface area contributed by atoms with Crippen molar-refractivity contribution in [3.63, 3.8) is 0 Å². The molecule has 0 saturated carbocycles. The lowest BCUT2D eigenvalue weighted by molar-refractivity contribution is -0.143. The Balaban J connectivity index is 0.000000260. The van der Waals surface area contributed by atoms with E-state index in [1.807, 2.05) is 125 Å². The lowest BCUT2D eigenvalue weighted by Crippen LogP contribution is -2.45. The maximum atomic E-state index is 13.0. The van der Waals surface area contributed by atoms with Crippen molar-refractivity contribution in [1.29, 1.82) is 0 Å². The van der Waals surface area contributed by atoms with E-state index in [0.29, 0.717) is 0 Å². The van der Waals surface area contributed by atoms with E-state index in [-0.39, 0.29) is 24.7 Å². The summed E-state index contributed by atoms with van der Waals surface area (Å²) in [7, 11) is 2.67. The van der Waals surface area contributed by atoms with Crippen LogP contribution in [0.15, 0.2) is 97.1 Å². The number of carbonyl (C=O) groups excluding carboxylic acids is 4. The molecule has 0 bridgehead atoms. The summed E-state index contributed by atoms with van der Waals surface area (Å²) >= 11 is 0. The van der Waals surface area contributed by atoms with Crippen molar-refractivity contribution in [1.82, 2.24) is 0 Å². The van der Waals surface area contributed by atoms with E-state index in [1.54, 1.807) is 23.6 Å². The van der Waals surface area contributed by atoms with E-state index in [9.17, 15) is 19.2 Å². The highest BCUT2D eigenvalue weighted by molar-refractivity contribution is 6.02. The number of hydrogen-bond acceptors (Lipinski definition) is 6. The first-order chi connectivity index (χ1) is 22.9. The average molecular weight is 651 g/mol. The zero-order chi connectivity index (χ0) is 35.4. The second-order valence-corrected chi connectivity index (χ2v) is 11.7. The highest BCUT2D eigenvalue weighted by atomic mass is 16.5. The minimum Gasteiger partial charge on any atom is -0.467 e. The zero-order valence-corrected chi connectivity index (χ0v) is 29.2. The minimum absolute atomic E-state index is 0.128. The van der Waals surface area contributed by atoms with Crippen molar-refractivity contribution in [2.75, 3.05) is 24.0 Å². The Morgan fingerprint density at radius 3 is 1.06 bits per heavy atom. The van der Waals surface area contributed by atoms with Crippen LogP contribution < -0.4 is 9.80 Å². The van der Waals surface area contributed by atoms with Crippen LogP contribution in [0.4, 0.5) is 11.4 Å². The fourth-order valence-electron chi connectivity index (χ4n) is 5.70. The fraction of sp³-hybridized carbons (Fsp3) is 0.300. The van der Waals surface area contributed by atoms with Crippen LogP contribution in [-0.4, -0.2) is 50.1 Å². The van der Waals surface area contributed by atoms with Gasteiger partial charge in [-0.1, -0.05) is 97.1 Å². The molecule has 0 aromatic heterocycles. The lowest BCUT2D eigenvalue weighted by Gasteiger charge is -2.30. The lowest BCUT2D eigenvalue weighted by atomic mass is 10.0. The number of amides is 2. The Labute approximate surface area is 284 Å². The van der Waals surface area contributed by atoms with Gasteiger partial charge in [0, 0.05) is 0 Å². The predicted molar refractivity (Wildman–Crippen MR) is 190 cm³/mol. The van der Waals surface area contributed by atoms with Crippen molar-refractivity contribution in [3.8, 4) is 0 Å². The van der Waals surface area contributed by atoms with E-state index in [1.165, 1.54) is 14.2 Å². The second-order valence-electron chi connectivity index (χ2n) is 11.7. The van der Waals surface area contributed by atoms with Gasteiger partial charge < -0.3 is 9.47 Å². The summed E-state index contributed by atoms with van der Waals surface area (Å²) in [5.74, 6) is -1.12. The first-order valence-electron chi connectivity index (χ1n) is 15.9. The maximum Gasteiger partial charge on any atom is 0.328 e. The molecule has 0 radical (unpaired) electrons. The maximum absolute atomic E-state index is 13.0. The molecule has 0 aliphatic rings. The van der Waals surface area contributed by atoms with Crippen LogP contribution in [0, 0.1) is 27.7 Å². The Bertz CT molecular complexity index is 1540. The molecule has 8 heteroatoms. The monoisotopic (exact) mass is 650 g/mol. The van der Waals surface area contributed by atoms with Gasteiger partial charge in [-0.15, -0.1) is 0 Å². The number of ether oxygens (including phenoxy) is 2. The molecule has 0 spiro atoms. The number of aryl methyl sites for hydroxylation is 4. The molecule has 0 aliphatic carbocycles. The number of anilines is 2. The molecule has 0 heterocycles. The first-order valence-corrected chi connectivity index (χ1v) is 15.9. The number of carbonyl (C=O) groups is 4. The third-order valence-corrected chi connectivity index (χ3v) is 8.15. The quantitative estimate of drug-likeness (QED) is 0.174. The van der Waals surface area contributed by atoms with Gasteiger partial charge in [0.05, 0.1) is 38.4 Å². The molecule has 4 aromatic rings. The van der Waals surface area contributed by atoms with Crippen LogP contribution in [0.2, 0.25) is 0 Å². The molecule has 0 N–H and O–H groups in total. The molecule has 0 aliphatic heterocycles. The van der Waals surface area contributed by atoms with E-state index >= 15 is 0 Å². The summed E-state index contributed by atoms with van der Waals surface area (Å²) in [6, 6.07) is 29.3. The highest BCUT2D eigenvalue weighted by Gasteiger charge is 2.31. The largest absolute Gasteiger partial charge is 0.467 e. The van der Waals surface area contributed by atoms with E-state index in [0.717, 1.165) is 44.8 Å². The number of esters is 2. The summed E-state index contributed by atoms with van der Waals surface area (Å²) in [4.78, 5) is 53.3. The van der Waals surface area contributed by atoms with Gasteiger partial charge in [-0.3, -0.25) is 19.4 Å². The molecule has 1 unspecified atom stereocenters. The predicted octanol–water partition coefficient (Wildman–Crippen LogP) is 6.88. The summed E-state index contributed by atoms with van der Waals surface area (Å²) in [6.45, 7) is 11.1. The van der Waals surface area contributed by atoms with Crippen molar-refractivity contribution in [2.45, 2.75) is 66.5 Å². The standard InChI is InChI=1S/2C20H23NO3/c2*1-14-9-8-10-15(2)19(14)21(16(3)20(23)24-4)18(22)13-17-11-6-5-7-12-17/h2*5-12,16H,13H2,1-4H3/t16-;/m1./s1. The Morgan fingerprint density at radius 1 is 0.500 bits per heavy atom. The Hall–Kier alpha value is -5.24. The summed E-state index contributed by atoms with van der Waals surface area (Å²) in [6.07, 6.45) is 0.464. The molecule has 2 atom stereocenters. The van der Waals surface area contributed by atoms with Crippen molar-refractivity contribution < 1.29 is 28.7 Å². The third kappa shape index (κ3) is 9.41. The van der Waals surface area contributed by atoms with Crippen molar-refractivity contribution >= 4 is 35.1 Å². The van der Waals surface area contributed by atoms with Crippen molar-refractivity contribution in [3.05, 3.63) is 130 Å². The molecule has 8 nitrogen and oxygen atoms in total. The zero-order valence-electron chi connectivity index (χ0n) is 29.2. The molecule has 0 saturated heterocycles. The van der Waals surface area contributed by atoms with E-state index in [2.05, 4.69) is 0 Å². The topological polar surface area (TPSA) is 93.2 Å². The van der Waals surface area contributed by atoms with Gasteiger partial charge >= 0.3 is 11.9 Å². The molecular formula is C40H46N2O6. The minimum atomic E-state index is -0.689. The van der Waals surface area contributed by atoms with Crippen LogP contribution in [-0.2, 0) is 41.5 Å². The molecule has 2 amide bonds. The van der Waals surface area contributed by atoms with Gasteiger partial charge in [0.15, 0.2) is 0 Å². The smallest absolute Gasteiger partial charge is 0.328 e. The average Bonchev–Trinajstić information content (AvgIpc) is 3.08. The van der Waals surface area contributed by atoms with Gasteiger partial charge in [-0.05, 0) is 74.9 Å². The van der Waals surface area contributed by atoms with Gasteiger partial charge in [-0.2, -0.15) is 0 Å². The van der Waals surface area contributed by atoms with Crippen LogP contribution in [0.25, 0.3) is 0 Å². The number of nitrogens with zero attached hydrogens (tertiary/aromatic N) is 2. The van der Waals surface area contributed by atoms with Gasteiger partial charge in [-0.25, -0.2) is 9.59 Å². The summed E-state index contributed by atoms with van der Waals surface area (Å²) in [5.41, 5.74) is 7.18. The number of para-hydroxylation sites is 2. The number of hydrogen-bond donors (Lipinski definition) is 0. The van der Waals surface area contributed by atoms with Crippen LogP contribution in [0.1, 0.15) is 47.2 Å². The molecule has 4 aromatic carbocycles. The molecular weight excluding hydrogens is 604 g/mol. The second kappa shape index (κ2) is 17.6. The van der Waals surface area contributed by atoms with Crippen molar-refractivity contribution in [2.24, 2.45) is 0 Å². The summed E-state index contributed by atoms with van der Waals surface area (Å²) < 4.78 is 9.72. The van der Waals surface area contributed by atoms with E-state index in [4.69, 9.17) is 9.47 Å². The van der Waals surface area contributed by atoms with Gasteiger partial charge in [0.2, 0.25) is 11.8 Å². The first kappa shape index (κ1) is 37.2. The van der Waals surface area contributed by atoms with Crippen LogP contribution in [0.3, 0.4) is 0 Å². The fourth-order valence-corrected chi connectivity index (χ4v) is 5.70. The van der Waals surface area contributed by atoms with Crippen LogP contribution >= 0.6 is 0 Å². The normalized spacial score (nSPS) is 11.7. The summed E-state index contributed by atoms with van der Waals surface area (Å²) in [5, 5.41) is 0. The van der Waals surface area contributed by atoms with Crippen LogP contribution in [0.5, 0.6) is 0 Å². The molecule has 48 heavy (non-hydrogen) atoms. The highest BCUT2D eigenvalue weighted by Crippen LogP contribution is 2.29. The molecule has 4 rings (SSSR count). The number of methoxy groups -OCH3 is 2. The third-order valence-electron chi connectivity index (χ3n) is 8.15. The molecule has 0 fully saturated rings. The van der Waals surface area contributed by atoms with Gasteiger partial charge in [0.1, 0.15) is 12.1 Å². The number of rotatable bonds is 10. The molecule has 252 valence electrons. The SMILES string of the molecule is COC(=O)C(C)N(C(=O)Cc1ccccc1)c1c(C)cccc1C.COC(=O)[C@@H](C)N(C(=O)Cc1ccccc1)c1c(C)cccc1C. The Morgan fingerprint density at radius 2 is 0.792 bits per heavy atom. The Kier molecular flexibility index (Phi) is 13.7.